The number of fused-ring (bicyclic) bond motifs is 1. The van der Waals surface area contributed by atoms with E-state index in [9.17, 15) is 0 Å². The molecule has 0 spiro atoms. The summed E-state index contributed by atoms with van der Waals surface area (Å²) < 4.78 is 0. The van der Waals surface area contributed by atoms with Gasteiger partial charge in [0.2, 0.25) is 0 Å². The minimum absolute atomic E-state index is 0.271. The lowest BCUT2D eigenvalue weighted by Crippen LogP contribution is -2.60. The number of rotatable bonds is 4. The number of likely N-dealkylation sites (N-methyl/N-ethyl adjacent to an activating group) is 1. The van der Waals surface area contributed by atoms with Gasteiger partial charge in [0.25, 0.3) is 0 Å². The van der Waals surface area contributed by atoms with Gasteiger partial charge in [-0.15, -0.1) is 0 Å². The topological polar surface area (TPSA) is 35.7 Å². The molecule has 3 unspecified atom stereocenters. The van der Waals surface area contributed by atoms with Crippen LogP contribution in [0.5, 0.6) is 0 Å². The molecule has 3 aliphatic heterocycles. The van der Waals surface area contributed by atoms with Gasteiger partial charge in [-0.2, -0.15) is 0 Å². The fourth-order valence-electron chi connectivity index (χ4n) is 4.76. The predicted molar refractivity (Wildman–Crippen MR) is 83.8 cm³/mol. The summed E-state index contributed by atoms with van der Waals surface area (Å²) in [6.07, 6.45) is 6.70. The highest BCUT2D eigenvalue weighted by Crippen LogP contribution is 2.36. The molecule has 2 N–H and O–H groups in total. The summed E-state index contributed by atoms with van der Waals surface area (Å²) in [7, 11) is 4.57. The van der Waals surface area contributed by atoms with Crippen LogP contribution in [0.3, 0.4) is 0 Å². The maximum absolute atomic E-state index is 6.25. The molecule has 3 saturated heterocycles. The maximum Gasteiger partial charge on any atom is 0.0355 e. The molecule has 0 radical (unpaired) electrons. The first-order valence-corrected chi connectivity index (χ1v) is 8.47. The van der Waals surface area contributed by atoms with Gasteiger partial charge in [0.15, 0.2) is 0 Å². The van der Waals surface area contributed by atoms with Crippen LogP contribution < -0.4 is 5.73 Å². The lowest BCUT2D eigenvalue weighted by atomic mass is 9.81. The molecule has 3 fully saturated rings. The van der Waals surface area contributed by atoms with Gasteiger partial charge in [-0.25, -0.2) is 0 Å². The minimum atomic E-state index is 0.271. The van der Waals surface area contributed by atoms with Crippen LogP contribution in [0.2, 0.25) is 0 Å². The molecule has 0 aromatic carbocycles. The highest BCUT2D eigenvalue weighted by Gasteiger charge is 2.43. The molecule has 3 atom stereocenters. The van der Waals surface area contributed by atoms with E-state index in [-0.39, 0.29) is 5.54 Å². The quantitative estimate of drug-likeness (QED) is 0.827. The monoisotopic (exact) mass is 280 g/mol. The van der Waals surface area contributed by atoms with Crippen LogP contribution in [0.15, 0.2) is 0 Å². The third-order valence-electron chi connectivity index (χ3n) is 6.19. The lowest BCUT2D eigenvalue weighted by molar-refractivity contribution is 0.0188. The Morgan fingerprint density at radius 2 is 2.10 bits per heavy atom. The van der Waals surface area contributed by atoms with Crippen molar-refractivity contribution in [2.75, 3.05) is 53.4 Å². The zero-order valence-corrected chi connectivity index (χ0v) is 13.4. The average molecular weight is 280 g/mol. The molecule has 3 aliphatic rings. The molecule has 116 valence electrons. The van der Waals surface area contributed by atoms with Gasteiger partial charge in [0.05, 0.1) is 0 Å². The zero-order valence-electron chi connectivity index (χ0n) is 13.4. The molecule has 3 rings (SSSR count). The van der Waals surface area contributed by atoms with Gasteiger partial charge in [-0.3, -0.25) is 4.90 Å². The first kappa shape index (κ1) is 14.8. The van der Waals surface area contributed by atoms with Crippen molar-refractivity contribution < 1.29 is 0 Å². The molecule has 0 amide bonds. The number of likely N-dealkylation sites (tertiary alicyclic amines) is 1. The van der Waals surface area contributed by atoms with Crippen molar-refractivity contribution >= 4 is 0 Å². The Balaban J connectivity index is 1.62. The second kappa shape index (κ2) is 5.91. The molecule has 0 bridgehead atoms. The maximum atomic E-state index is 6.25. The molecule has 0 aromatic rings. The van der Waals surface area contributed by atoms with E-state index in [2.05, 4.69) is 28.8 Å². The summed E-state index contributed by atoms with van der Waals surface area (Å²) in [5.74, 6) is 0.843. The number of nitrogens with zero attached hydrogens (tertiary/aromatic N) is 3. The van der Waals surface area contributed by atoms with E-state index in [4.69, 9.17) is 5.73 Å². The molecule has 4 heteroatoms. The van der Waals surface area contributed by atoms with E-state index in [0.29, 0.717) is 0 Å². The van der Waals surface area contributed by atoms with Crippen LogP contribution >= 0.6 is 0 Å². The number of piperidine rings is 1. The zero-order chi connectivity index (χ0) is 14.2. The van der Waals surface area contributed by atoms with E-state index in [1.54, 1.807) is 0 Å². The van der Waals surface area contributed by atoms with E-state index >= 15 is 0 Å². The lowest BCUT2D eigenvalue weighted by Gasteiger charge is -2.49. The van der Waals surface area contributed by atoms with E-state index < -0.39 is 0 Å². The Morgan fingerprint density at radius 1 is 1.25 bits per heavy atom. The number of nitrogens with two attached hydrogens (primary N) is 1. The molecule has 0 saturated carbocycles. The van der Waals surface area contributed by atoms with Crippen molar-refractivity contribution in [2.24, 2.45) is 11.7 Å². The smallest absolute Gasteiger partial charge is 0.0355 e. The van der Waals surface area contributed by atoms with Gasteiger partial charge >= 0.3 is 0 Å². The molecule has 20 heavy (non-hydrogen) atoms. The summed E-state index contributed by atoms with van der Waals surface area (Å²) in [6, 6.07) is 0.806. The first-order chi connectivity index (χ1) is 9.63. The van der Waals surface area contributed by atoms with Crippen LogP contribution in [-0.4, -0.2) is 79.6 Å². The summed E-state index contributed by atoms with van der Waals surface area (Å²) >= 11 is 0. The molecule has 3 heterocycles. The SMILES string of the molecule is CN1CCC(CN(C)C2(CN)CCN3CCCC3C2)C1. The highest BCUT2D eigenvalue weighted by molar-refractivity contribution is 5.01. The standard InChI is InChI=1S/C16H32N4/c1-18-8-5-14(11-18)12-19(2)16(13-17)6-9-20-7-3-4-15(20)10-16/h14-15H,3-13,17H2,1-2H3. The van der Waals surface area contributed by atoms with E-state index in [1.165, 1.54) is 64.8 Å². The molecular weight excluding hydrogens is 248 g/mol. The Bertz CT molecular complexity index is 334. The fraction of sp³-hybridized carbons (Fsp3) is 1.00. The van der Waals surface area contributed by atoms with Crippen LogP contribution in [0, 0.1) is 5.92 Å². The highest BCUT2D eigenvalue weighted by atomic mass is 15.3. The molecule has 0 aromatic heterocycles. The Morgan fingerprint density at radius 3 is 2.80 bits per heavy atom. The third-order valence-corrected chi connectivity index (χ3v) is 6.19. The van der Waals surface area contributed by atoms with Gasteiger partial charge in [0.1, 0.15) is 0 Å². The number of hydrogen-bond acceptors (Lipinski definition) is 4. The van der Waals surface area contributed by atoms with E-state index in [0.717, 1.165) is 18.5 Å². The molecule has 4 nitrogen and oxygen atoms in total. The third kappa shape index (κ3) is 2.76. The van der Waals surface area contributed by atoms with Crippen molar-refractivity contribution in [3.05, 3.63) is 0 Å². The van der Waals surface area contributed by atoms with Crippen molar-refractivity contribution in [3.63, 3.8) is 0 Å². The Hall–Kier alpha value is -0.160. The van der Waals surface area contributed by atoms with Crippen molar-refractivity contribution in [1.29, 1.82) is 0 Å². The van der Waals surface area contributed by atoms with Crippen molar-refractivity contribution in [3.8, 4) is 0 Å². The number of hydrogen-bond donors (Lipinski definition) is 1. The predicted octanol–water partition coefficient (Wildman–Crippen LogP) is 0.826. The van der Waals surface area contributed by atoms with Crippen molar-refractivity contribution in [2.45, 2.75) is 43.7 Å². The summed E-state index contributed by atoms with van der Waals surface area (Å²) in [5.41, 5.74) is 6.52. The van der Waals surface area contributed by atoms with Gasteiger partial charge in [0, 0.05) is 37.8 Å². The summed E-state index contributed by atoms with van der Waals surface area (Å²) in [6.45, 7) is 7.18. The largest absolute Gasteiger partial charge is 0.329 e. The van der Waals surface area contributed by atoms with Crippen LogP contribution in [-0.2, 0) is 0 Å². The summed E-state index contributed by atoms with van der Waals surface area (Å²) in [5, 5.41) is 0. The second-order valence-corrected chi connectivity index (χ2v) is 7.51. The summed E-state index contributed by atoms with van der Waals surface area (Å²) in [4.78, 5) is 7.80. The minimum Gasteiger partial charge on any atom is -0.329 e. The first-order valence-electron chi connectivity index (χ1n) is 8.47. The Labute approximate surface area is 124 Å². The Kier molecular flexibility index (Phi) is 4.37. The van der Waals surface area contributed by atoms with Crippen LogP contribution in [0.4, 0.5) is 0 Å². The normalized spacial score (nSPS) is 39.6. The molecular formula is C16H32N4. The van der Waals surface area contributed by atoms with Crippen molar-refractivity contribution in [1.82, 2.24) is 14.7 Å². The van der Waals surface area contributed by atoms with Gasteiger partial charge in [-0.05, 0) is 65.2 Å². The second-order valence-electron chi connectivity index (χ2n) is 7.51. The molecule has 0 aliphatic carbocycles. The fourth-order valence-corrected chi connectivity index (χ4v) is 4.76. The van der Waals surface area contributed by atoms with Gasteiger partial charge in [-0.1, -0.05) is 0 Å². The van der Waals surface area contributed by atoms with E-state index in [1.807, 2.05) is 0 Å². The van der Waals surface area contributed by atoms with Gasteiger partial charge < -0.3 is 15.5 Å². The van der Waals surface area contributed by atoms with Crippen LogP contribution in [0.25, 0.3) is 0 Å². The average Bonchev–Trinajstić information content (AvgIpc) is 3.06. The van der Waals surface area contributed by atoms with Crippen LogP contribution in [0.1, 0.15) is 32.1 Å².